The molecule has 0 heterocycles. The number of benzene rings is 1. The third-order valence-corrected chi connectivity index (χ3v) is 2.68. The Kier molecular flexibility index (Phi) is 5.78. The summed E-state index contributed by atoms with van der Waals surface area (Å²) in [6.45, 7) is 8.06. The van der Waals surface area contributed by atoms with Crippen LogP contribution in [0, 0.1) is 5.92 Å². The van der Waals surface area contributed by atoms with Crippen LogP contribution in [0.2, 0.25) is 0 Å². The molecule has 2 nitrogen and oxygen atoms in total. The van der Waals surface area contributed by atoms with Gasteiger partial charge in [0.05, 0.1) is 6.61 Å². The molecule has 0 atom stereocenters. The summed E-state index contributed by atoms with van der Waals surface area (Å²) >= 11 is 0. The summed E-state index contributed by atoms with van der Waals surface area (Å²) < 4.78 is 5.63. The highest BCUT2D eigenvalue weighted by atomic mass is 16.5. The van der Waals surface area contributed by atoms with Crippen LogP contribution in [-0.4, -0.2) is 20.2 Å². The number of hydrogen-bond acceptors (Lipinski definition) is 2. The normalized spacial score (nSPS) is 11.9. The Morgan fingerprint density at radius 2 is 2.06 bits per heavy atom. The molecule has 0 aliphatic rings. The Morgan fingerprint density at radius 3 is 2.65 bits per heavy atom. The first-order valence-corrected chi connectivity index (χ1v) is 6.26. The molecule has 0 saturated heterocycles. The first-order chi connectivity index (χ1) is 8.19. The summed E-state index contributed by atoms with van der Waals surface area (Å²) in [6.07, 6.45) is 2.23. The summed E-state index contributed by atoms with van der Waals surface area (Å²) in [5, 5.41) is 3.21. The number of hydrogen-bond donors (Lipinski definition) is 1. The lowest BCUT2D eigenvalue weighted by atomic mass is 10.00. The first-order valence-electron chi connectivity index (χ1n) is 6.26. The molecule has 0 spiro atoms. The third-order valence-electron chi connectivity index (χ3n) is 2.68. The van der Waals surface area contributed by atoms with Gasteiger partial charge in [0.25, 0.3) is 0 Å². The van der Waals surface area contributed by atoms with Crippen LogP contribution in [0.15, 0.2) is 29.8 Å². The summed E-state index contributed by atoms with van der Waals surface area (Å²) in [4.78, 5) is 0. The average Bonchev–Trinajstić information content (AvgIpc) is 2.31. The molecule has 1 aromatic carbocycles. The van der Waals surface area contributed by atoms with Crippen molar-refractivity contribution in [3.8, 4) is 5.75 Å². The number of rotatable bonds is 6. The van der Waals surface area contributed by atoms with E-state index in [-0.39, 0.29) is 0 Å². The van der Waals surface area contributed by atoms with Gasteiger partial charge in [-0.3, -0.25) is 0 Å². The summed E-state index contributed by atoms with van der Waals surface area (Å²) in [6, 6.07) is 8.18. The first kappa shape index (κ1) is 13.8. The fourth-order valence-corrected chi connectivity index (χ4v) is 1.71. The van der Waals surface area contributed by atoms with Crippen LogP contribution < -0.4 is 10.1 Å². The van der Waals surface area contributed by atoms with Crippen molar-refractivity contribution in [2.24, 2.45) is 5.92 Å². The Hall–Kier alpha value is -1.28. The van der Waals surface area contributed by atoms with Crippen LogP contribution in [-0.2, 0) is 0 Å². The van der Waals surface area contributed by atoms with Crippen molar-refractivity contribution in [3.05, 3.63) is 35.4 Å². The molecule has 0 aliphatic carbocycles. The van der Waals surface area contributed by atoms with Gasteiger partial charge in [0.2, 0.25) is 0 Å². The van der Waals surface area contributed by atoms with Crippen molar-refractivity contribution in [3.63, 3.8) is 0 Å². The van der Waals surface area contributed by atoms with E-state index in [2.05, 4.69) is 31.3 Å². The zero-order chi connectivity index (χ0) is 12.7. The second-order valence-corrected chi connectivity index (χ2v) is 4.38. The van der Waals surface area contributed by atoms with Gasteiger partial charge in [-0.05, 0) is 26.0 Å². The quantitative estimate of drug-likeness (QED) is 0.813. The minimum atomic E-state index is 0.539. The molecule has 1 aromatic rings. The molecule has 0 radical (unpaired) electrons. The van der Waals surface area contributed by atoms with Crippen molar-refractivity contribution >= 4 is 6.08 Å². The molecule has 0 unspecified atom stereocenters. The lowest BCUT2D eigenvalue weighted by Crippen LogP contribution is -2.13. The average molecular weight is 233 g/mol. The fourth-order valence-electron chi connectivity index (χ4n) is 1.71. The van der Waals surface area contributed by atoms with Crippen molar-refractivity contribution in [2.45, 2.75) is 20.8 Å². The number of nitrogens with one attached hydrogen (secondary N) is 1. The third kappa shape index (κ3) is 4.23. The standard InChI is InChI=1S/C15H23NO/c1-5-17-15-9-7-6-8-13(15)10-14(11-16-4)12(2)3/h6-10,12,16H,5,11H2,1-4H3. The maximum Gasteiger partial charge on any atom is 0.126 e. The highest BCUT2D eigenvalue weighted by Gasteiger charge is 2.05. The molecule has 0 bridgehead atoms. The van der Waals surface area contributed by atoms with E-state index >= 15 is 0 Å². The molecular formula is C15H23NO. The van der Waals surface area contributed by atoms with E-state index in [4.69, 9.17) is 4.74 Å². The van der Waals surface area contributed by atoms with Crippen molar-refractivity contribution in [1.29, 1.82) is 0 Å². The summed E-state index contributed by atoms with van der Waals surface area (Å²) in [5.74, 6) is 1.50. The molecule has 17 heavy (non-hydrogen) atoms. The second-order valence-electron chi connectivity index (χ2n) is 4.38. The molecule has 0 aromatic heterocycles. The van der Waals surface area contributed by atoms with Crippen molar-refractivity contribution in [1.82, 2.24) is 5.32 Å². The number of likely N-dealkylation sites (N-methyl/N-ethyl adjacent to an activating group) is 1. The van der Waals surface area contributed by atoms with Crippen LogP contribution in [0.4, 0.5) is 0 Å². The summed E-state index contributed by atoms with van der Waals surface area (Å²) in [7, 11) is 1.98. The highest BCUT2D eigenvalue weighted by Crippen LogP contribution is 2.23. The predicted molar refractivity (Wildman–Crippen MR) is 74.4 cm³/mol. The topological polar surface area (TPSA) is 21.3 Å². The van der Waals surface area contributed by atoms with Gasteiger partial charge in [0, 0.05) is 12.1 Å². The molecule has 0 aliphatic heterocycles. The maximum absolute atomic E-state index is 5.63. The lowest BCUT2D eigenvalue weighted by Gasteiger charge is -2.13. The van der Waals surface area contributed by atoms with E-state index in [0.29, 0.717) is 12.5 Å². The SMILES string of the molecule is CCOc1ccccc1C=C(CNC)C(C)C. The molecule has 1 rings (SSSR count). The molecule has 0 amide bonds. The van der Waals surface area contributed by atoms with Crippen LogP contribution in [0.3, 0.4) is 0 Å². The molecule has 0 saturated carbocycles. The zero-order valence-electron chi connectivity index (χ0n) is 11.3. The minimum absolute atomic E-state index is 0.539. The number of para-hydroxylation sites is 1. The molecular weight excluding hydrogens is 210 g/mol. The van der Waals surface area contributed by atoms with Gasteiger partial charge in [0.1, 0.15) is 5.75 Å². The fraction of sp³-hybridized carbons (Fsp3) is 0.467. The zero-order valence-corrected chi connectivity index (χ0v) is 11.3. The van der Waals surface area contributed by atoms with Gasteiger partial charge in [0.15, 0.2) is 0 Å². The Morgan fingerprint density at radius 1 is 1.35 bits per heavy atom. The van der Waals surface area contributed by atoms with E-state index in [1.165, 1.54) is 5.57 Å². The van der Waals surface area contributed by atoms with Crippen LogP contribution in [0.25, 0.3) is 6.08 Å². The second kappa shape index (κ2) is 7.13. The van der Waals surface area contributed by atoms with Gasteiger partial charge in [-0.15, -0.1) is 0 Å². The summed E-state index contributed by atoms with van der Waals surface area (Å²) in [5.41, 5.74) is 2.55. The van der Waals surface area contributed by atoms with Crippen LogP contribution >= 0.6 is 0 Å². The van der Waals surface area contributed by atoms with Gasteiger partial charge in [-0.1, -0.05) is 43.7 Å². The van der Waals surface area contributed by atoms with E-state index in [1.54, 1.807) is 0 Å². The highest BCUT2D eigenvalue weighted by molar-refractivity contribution is 5.60. The Balaban J connectivity index is 3.01. The van der Waals surface area contributed by atoms with E-state index in [9.17, 15) is 0 Å². The predicted octanol–water partition coefficient (Wildman–Crippen LogP) is 3.34. The largest absolute Gasteiger partial charge is 0.493 e. The van der Waals surface area contributed by atoms with Crippen molar-refractivity contribution in [2.75, 3.05) is 20.2 Å². The van der Waals surface area contributed by atoms with Gasteiger partial charge in [-0.2, -0.15) is 0 Å². The molecule has 0 fully saturated rings. The maximum atomic E-state index is 5.63. The van der Waals surface area contributed by atoms with Gasteiger partial charge < -0.3 is 10.1 Å². The lowest BCUT2D eigenvalue weighted by molar-refractivity contribution is 0.339. The monoisotopic (exact) mass is 233 g/mol. The van der Waals surface area contributed by atoms with Crippen LogP contribution in [0.5, 0.6) is 5.75 Å². The van der Waals surface area contributed by atoms with Crippen molar-refractivity contribution < 1.29 is 4.74 Å². The minimum Gasteiger partial charge on any atom is -0.493 e. The smallest absolute Gasteiger partial charge is 0.126 e. The molecule has 2 heteroatoms. The van der Waals surface area contributed by atoms with E-state index in [0.717, 1.165) is 17.9 Å². The van der Waals surface area contributed by atoms with E-state index < -0.39 is 0 Å². The van der Waals surface area contributed by atoms with E-state index in [1.807, 2.05) is 32.2 Å². The Bertz CT molecular complexity index is 369. The van der Waals surface area contributed by atoms with Gasteiger partial charge in [-0.25, -0.2) is 0 Å². The number of ether oxygens (including phenoxy) is 1. The van der Waals surface area contributed by atoms with Crippen LogP contribution in [0.1, 0.15) is 26.3 Å². The van der Waals surface area contributed by atoms with Gasteiger partial charge >= 0.3 is 0 Å². The molecule has 94 valence electrons. The molecule has 1 N–H and O–H groups in total. The Labute approximate surface area is 105 Å².